The fraction of sp³-hybridized carbons (Fsp3) is 0.167. The number of aryl methyl sites for hydroxylation is 1. The number of aliphatic imine (C=N–C) groups is 1. The summed E-state index contributed by atoms with van der Waals surface area (Å²) >= 11 is 1.36. The number of aromatic nitrogens is 1. The first-order valence-corrected chi connectivity index (χ1v) is 10.6. The number of carbonyl (C=O) groups excluding carboxylic acids is 1. The number of nitrogens with one attached hydrogen (secondary N) is 1. The van der Waals surface area contributed by atoms with Crippen molar-refractivity contribution in [2.45, 2.75) is 20.8 Å². The number of thioether (sulfide) groups is 1. The summed E-state index contributed by atoms with van der Waals surface area (Å²) in [6.45, 7) is 6.75. The van der Waals surface area contributed by atoms with E-state index in [0.717, 1.165) is 34.1 Å². The molecule has 6 heteroatoms. The van der Waals surface area contributed by atoms with Gasteiger partial charge in [-0.15, -0.1) is 0 Å². The van der Waals surface area contributed by atoms with E-state index < -0.39 is 0 Å². The molecule has 0 spiro atoms. The minimum atomic E-state index is -0.124. The SMILES string of the molecule is CCOc1ccc(-n2c(C)cc(/C=C3\SC(=Nc4ccccc4)NC3=O)c2C)cc1. The lowest BCUT2D eigenvalue weighted by molar-refractivity contribution is -0.115. The zero-order valence-corrected chi connectivity index (χ0v) is 18.0. The van der Waals surface area contributed by atoms with E-state index in [0.29, 0.717) is 16.7 Å². The van der Waals surface area contributed by atoms with Crippen molar-refractivity contribution >= 4 is 34.6 Å². The molecule has 1 N–H and O–H groups in total. The van der Waals surface area contributed by atoms with E-state index in [4.69, 9.17) is 4.74 Å². The molecule has 1 amide bonds. The second kappa shape index (κ2) is 8.63. The van der Waals surface area contributed by atoms with E-state index in [1.807, 2.05) is 67.6 Å². The van der Waals surface area contributed by atoms with Crippen molar-refractivity contribution in [3.05, 3.63) is 82.5 Å². The van der Waals surface area contributed by atoms with Gasteiger partial charge in [0.2, 0.25) is 0 Å². The third-order valence-corrected chi connectivity index (χ3v) is 5.71. The van der Waals surface area contributed by atoms with Crippen LogP contribution in [0.1, 0.15) is 23.9 Å². The number of nitrogens with zero attached hydrogens (tertiary/aromatic N) is 2. The average molecular weight is 418 g/mol. The van der Waals surface area contributed by atoms with E-state index in [9.17, 15) is 4.79 Å². The molecule has 1 saturated heterocycles. The van der Waals surface area contributed by atoms with Crippen LogP contribution < -0.4 is 10.1 Å². The van der Waals surface area contributed by atoms with Gasteiger partial charge in [-0.2, -0.15) is 0 Å². The number of ether oxygens (including phenoxy) is 1. The van der Waals surface area contributed by atoms with Crippen molar-refractivity contribution in [1.29, 1.82) is 0 Å². The maximum atomic E-state index is 12.4. The van der Waals surface area contributed by atoms with Gasteiger partial charge in [-0.25, -0.2) is 4.99 Å². The molecule has 1 aliphatic rings. The molecule has 1 aromatic heterocycles. The normalized spacial score (nSPS) is 16.3. The lowest BCUT2D eigenvalue weighted by Crippen LogP contribution is -2.19. The predicted molar refractivity (Wildman–Crippen MR) is 124 cm³/mol. The average Bonchev–Trinajstić information content (AvgIpc) is 3.22. The van der Waals surface area contributed by atoms with Crippen LogP contribution in [-0.2, 0) is 4.79 Å². The summed E-state index contributed by atoms with van der Waals surface area (Å²) in [5.41, 5.74) is 5.07. The van der Waals surface area contributed by atoms with Gasteiger partial charge >= 0.3 is 0 Å². The molecule has 0 radical (unpaired) electrons. The third kappa shape index (κ3) is 4.19. The van der Waals surface area contributed by atoms with Crippen molar-refractivity contribution in [1.82, 2.24) is 9.88 Å². The van der Waals surface area contributed by atoms with Gasteiger partial charge in [-0.1, -0.05) is 18.2 Å². The van der Waals surface area contributed by atoms with Crippen LogP contribution in [0.25, 0.3) is 11.8 Å². The monoisotopic (exact) mass is 417 g/mol. The number of hydrogen-bond donors (Lipinski definition) is 1. The highest BCUT2D eigenvalue weighted by Crippen LogP contribution is 2.30. The number of amidine groups is 1. The van der Waals surface area contributed by atoms with Gasteiger partial charge in [0.05, 0.1) is 17.2 Å². The molecule has 2 heterocycles. The highest BCUT2D eigenvalue weighted by Gasteiger charge is 2.24. The quantitative estimate of drug-likeness (QED) is 0.567. The van der Waals surface area contributed by atoms with Gasteiger partial charge in [-0.3, -0.25) is 4.79 Å². The van der Waals surface area contributed by atoms with Crippen molar-refractivity contribution in [2.24, 2.45) is 4.99 Å². The molecule has 5 nitrogen and oxygen atoms in total. The van der Waals surface area contributed by atoms with Gasteiger partial charge in [-0.05, 0) is 86.6 Å². The van der Waals surface area contributed by atoms with Crippen LogP contribution in [0.3, 0.4) is 0 Å². The van der Waals surface area contributed by atoms with Crippen LogP contribution in [-0.4, -0.2) is 22.2 Å². The Balaban J connectivity index is 1.61. The minimum absolute atomic E-state index is 0.124. The van der Waals surface area contributed by atoms with Crippen LogP contribution in [0.4, 0.5) is 5.69 Å². The molecule has 152 valence electrons. The highest BCUT2D eigenvalue weighted by atomic mass is 32.2. The summed E-state index contributed by atoms with van der Waals surface area (Å²) in [5, 5.41) is 3.44. The number of amides is 1. The molecule has 1 fully saturated rings. The first-order chi connectivity index (χ1) is 14.5. The molecule has 1 aliphatic heterocycles. The number of benzene rings is 2. The molecular formula is C24H23N3O2S. The first-order valence-electron chi connectivity index (χ1n) is 9.82. The smallest absolute Gasteiger partial charge is 0.264 e. The van der Waals surface area contributed by atoms with Crippen LogP contribution in [0.2, 0.25) is 0 Å². The van der Waals surface area contributed by atoms with E-state index in [1.165, 1.54) is 11.8 Å². The maximum Gasteiger partial charge on any atom is 0.264 e. The lowest BCUT2D eigenvalue weighted by atomic mass is 10.2. The molecule has 0 saturated carbocycles. The Morgan fingerprint density at radius 3 is 2.53 bits per heavy atom. The molecule has 4 rings (SSSR count). The summed E-state index contributed by atoms with van der Waals surface area (Å²) in [5.74, 6) is 0.732. The van der Waals surface area contributed by atoms with Crippen molar-refractivity contribution in [2.75, 3.05) is 6.61 Å². The summed E-state index contributed by atoms with van der Waals surface area (Å²) in [4.78, 5) is 17.6. The van der Waals surface area contributed by atoms with Gasteiger partial charge in [0.1, 0.15) is 5.75 Å². The Bertz CT molecular complexity index is 1130. The zero-order chi connectivity index (χ0) is 21.1. The summed E-state index contributed by atoms with van der Waals surface area (Å²) in [6.07, 6.45) is 1.93. The van der Waals surface area contributed by atoms with E-state index in [-0.39, 0.29) is 5.91 Å². The first kappa shape index (κ1) is 20.0. The summed E-state index contributed by atoms with van der Waals surface area (Å²) in [7, 11) is 0. The van der Waals surface area contributed by atoms with Crippen molar-refractivity contribution in [3.63, 3.8) is 0 Å². The minimum Gasteiger partial charge on any atom is -0.494 e. The fourth-order valence-electron chi connectivity index (χ4n) is 3.43. The van der Waals surface area contributed by atoms with Crippen LogP contribution in [0.5, 0.6) is 5.75 Å². The molecular weight excluding hydrogens is 394 g/mol. The Hall–Kier alpha value is -3.25. The van der Waals surface area contributed by atoms with Crippen LogP contribution in [0, 0.1) is 13.8 Å². The maximum absolute atomic E-state index is 12.4. The Morgan fingerprint density at radius 2 is 1.83 bits per heavy atom. The van der Waals surface area contributed by atoms with Crippen LogP contribution in [0.15, 0.2) is 70.6 Å². The zero-order valence-electron chi connectivity index (χ0n) is 17.2. The standard InChI is InChI=1S/C24H23N3O2S/c1-4-29-21-12-10-20(11-13-21)27-16(2)14-18(17(27)3)15-22-23(28)26-24(30-22)25-19-8-6-5-7-9-19/h5-15H,4H2,1-3H3,(H,25,26,28)/b22-15-. The van der Waals surface area contributed by atoms with Gasteiger partial charge < -0.3 is 14.6 Å². The second-order valence-electron chi connectivity index (χ2n) is 6.91. The lowest BCUT2D eigenvalue weighted by Gasteiger charge is -2.11. The fourth-order valence-corrected chi connectivity index (χ4v) is 4.26. The molecule has 2 aromatic carbocycles. The van der Waals surface area contributed by atoms with Gasteiger partial charge in [0, 0.05) is 17.1 Å². The predicted octanol–water partition coefficient (Wildman–Crippen LogP) is 5.38. The summed E-state index contributed by atoms with van der Waals surface area (Å²) in [6, 6.07) is 19.7. The molecule has 0 bridgehead atoms. The van der Waals surface area contributed by atoms with E-state index >= 15 is 0 Å². The topological polar surface area (TPSA) is 55.6 Å². The van der Waals surface area contributed by atoms with Crippen LogP contribution >= 0.6 is 11.8 Å². The number of hydrogen-bond acceptors (Lipinski definition) is 4. The Morgan fingerprint density at radius 1 is 1.10 bits per heavy atom. The molecule has 30 heavy (non-hydrogen) atoms. The molecule has 0 aliphatic carbocycles. The van der Waals surface area contributed by atoms with Crippen molar-refractivity contribution < 1.29 is 9.53 Å². The largest absolute Gasteiger partial charge is 0.494 e. The Kier molecular flexibility index (Phi) is 5.77. The third-order valence-electron chi connectivity index (χ3n) is 4.80. The number of carbonyl (C=O) groups is 1. The summed E-state index contributed by atoms with van der Waals surface area (Å²) < 4.78 is 7.72. The van der Waals surface area contributed by atoms with Crippen molar-refractivity contribution in [3.8, 4) is 11.4 Å². The molecule has 0 atom stereocenters. The number of para-hydroxylation sites is 1. The van der Waals surface area contributed by atoms with E-state index in [1.54, 1.807) is 0 Å². The Labute approximate surface area is 180 Å². The molecule has 0 unspecified atom stereocenters. The molecule has 3 aromatic rings. The van der Waals surface area contributed by atoms with Gasteiger partial charge in [0.25, 0.3) is 5.91 Å². The number of rotatable bonds is 5. The second-order valence-corrected chi connectivity index (χ2v) is 7.94. The van der Waals surface area contributed by atoms with Gasteiger partial charge in [0.15, 0.2) is 5.17 Å². The highest BCUT2D eigenvalue weighted by molar-refractivity contribution is 8.18. The van der Waals surface area contributed by atoms with E-state index in [2.05, 4.69) is 34.8 Å².